The lowest BCUT2D eigenvalue weighted by molar-refractivity contribution is -0.150. The summed E-state index contributed by atoms with van der Waals surface area (Å²) in [6.45, 7) is 3.21. The quantitative estimate of drug-likeness (QED) is 0.629. The summed E-state index contributed by atoms with van der Waals surface area (Å²) in [7, 11) is 1.31. The van der Waals surface area contributed by atoms with Crippen molar-refractivity contribution in [1.82, 2.24) is 15.1 Å². The number of amides is 2. The van der Waals surface area contributed by atoms with E-state index in [9.17, 15) is 14.4 Å². The number of hydrogen-bond donors (Lipinski definition) is 1. The first-order valence-electron chi connectivity index (χ1n) is 9.09. The Balaban J connectivity index is 1.60. The van der Waals surface area contributed by atoms with Gasteiger partial charge in [-0.15, -0.1) is 0 Å². The molecule has 1 spiro atoms. The zero-order valence-corrected chi connectivity index (χ0v) is 15.7. The van der Waals surface area contributed by atoms with Crippen LogP contribution in [-0.2, 0) is 19.1 Å². The molecule has 0 atom stereocenters. The second kappa shape index (κ2) is 7.92. The summed E-state index contributed by atoms with van der Waals surface area (Å²) in [5.74, 6) is -0.598. The maximum Gasteiger partial charge on any atom is 0.325 e. The van der Waals surface area contributed by atoms with Crippen molar-refractivity contribution < 1.29 is 19.1 Å². The molecule has 1 aromatic rings. The van der Waals surface area contributed by atoms with Crippen molar-refractivity contribution in [2.24, 2.45) is 0 Å². The third kappa shape index (κ3) is 4.19. The number of aryl methyl sites for hydroxylation is 1. The van der Waals surface area contributed by atoms with Crippen molar-refractivity contribution in [2.75, 3.05) is 33.3 Å². The average molecular weight is 371 g/mol. The largest absolute Gasteiger partial charge is 0.468 e. The van der Waals surface area contributed by atoms with E-state index in [1.165, 1.54) is 12.7 Å². The Labute approximate surface area is 159 Å². The van der Waals surface area contributed by atoms with Gasteiger partial charge in [0.25, 0.3) is 0 Å². The first-order chi connectivity index (χ1) is 12.9. The number of esters is 1. The third-order valence-corrected chi connectivity index (χ3v) is 5.30. The maximum absolute atomic E-state index is 12.5. The molecule has 144 valence electrons. The van der Waals surface area contributed by atoms with Crippen LogP contribution in [0.5, 0.6) is 0 Å². The first kappa shape index (κ1) is 19.1. The number of nitrogens with one attached hydrogen (secondary N) is 1. The molecule has 1 aromatic carbocycles. The molecule has 2 fully saturated rings. The van der Waals surface area contributed by atoms with Gasteiger partial charge in [0.05, 0.1) is 19.3 Å². The van der Waals surface area contributed by atoms with Gasteiger partial charge in [-0.3, -0.25) is 19.7 Å². The van der Waals surface area contributed by atoms with Crippen molar-refractivity contribution in [3.8, 4) is 0 Å². The first-order valence-corrected chi connectivity index (χ1v) is 9.09. The summed E-state index contributed by atoms with van der Waals surface area (Å²) >= 11 is 0. The Bertz CT molecular complexity index is 749. The van der Waals surface area contributed by atoms with E-state index in [2.05, 4.69) is 5.32 Å². The van der Waals surface area contributed by atoms with E-state index < -0.39 is 11.6 Å². The van der Waals surface area contributed by atoms with Crippen molar-refractivity contribution in [3.05, 3.63) is 41.5 Å². The number of methoxy groups -OCH3 is 1. The molecule has 0 bridgehead atoms. The summed E-state index contributed by atoms with van der Waals surface area (Å²) in [6.07, 6.45) is 4.56. The molecule has 0 radical (unpaired) electrons. The number of rotatable bonds is 4. The molecular formula is C20H25N3O4. The van der Waals surface area contributed by atoms with Gasteiger partial charge in [-0.1, -0.05) is 29.8 Å². The summed E-state index contributed by atoms with van der Waals surface area (Å²) in [4.78, 5) is 39.6. The molecule has 27 heavy (non-hydrogen) atoms. The number of likely N-dealkylation sites (tertiary alicyclic amines) is 1. The van der Waals surface area contributed by atoms with E-state index in [4.69, 9.17) is 4.74 Å². The van der Waals surface area contributed by atoms with Crippen LogP contribution in [0.4, 0.5) is 0 Å². The SMILES string of the molecule is COC(=O)CN1C(=O)CNC12CCN(C(=O)/C=C/c1ccc(C)cc1)CC2. The van der Waals surface area contributed by atoms with E-state index >= 15 is 0 Å². The lowest BCUT2D eigenvalue weighted by Gasteiger charge is -2.44. The summed E-state index contributed by atoms with van der Waals surface area (Å²) in [5, 5.41) is 3.24. The molecule has 2 amide bonds. The summed E-state index contributed by atoms with van der Waals surface area (Å²) in [5.41, 5.74) is 1.59. The minimum Gasteiger partial charge on any atom is -0.468 e. The Morgan fingerprint density at radius 3 is 2.52 bits per heavy atom. The van der Waals surface area contributed by atoms with E-state index in [1.54, 1.807) is 15.9 Å². The van der Waals surface area contributed by atoms with Crippen LogP contribution in [0, 0.1) is 6.92 Å². The number of carbonyl (C=O) groups excluding carboxylic acids is 3. The van der Waals surface area contributed by atoms with Crippen LogP contribution >= 0.6 is 0 Å². The van der Waals surface area contributed by atoms with Gasteiger partial charge in [0, 0.05) is 32.0 Å². The molecule has 7 nitrogen and oxygen atoms in total. The van der Waals surface area contributed by atoms with Gasteiger partial charge >= 0.3 is 5.97 Å². The zero-order valence-electron chi connectivity index (χ0n) is 15.7. The fourth-order valence-electron chi connectivity index (χ4n) is 3.60. The second-order valence-electron chi connectivity index (χ2n) is 7.01. The number of nitrogens with zero attached hydrogens (tertiary/aromatic N) is 2. The van der Waals surface area contributed by atoms with E-state index in [-0.39, 0.29) is 24.9 Å². The van der Waals surface area contributed by atoms with E-state index in [0.717, 1.165) is 5.56 Å². The van der Waals surface area contributed by atoms with Crippen LogP contribution in [0.15, 0.2) is 30.3 Å². The predicted molar refractivity (Wildman–Crippen MR) is 100 cm³/mol. The van der Waals surface area contributed by atoms with Crippen LogP contribution in [0.1, 0.15) is 24.0 Å². The smallest absolute Gasteiger partial charge is 0.325 e. The highest BCUT2D eigenvalue weighted by atomic mass is 16.5. The molecule has 0 saturated carbocycles. The number of ether oxygens (including phenoxy) is 1. The molecule has 2 heterocycles. The normalized spacial score (nSPS) is 19.1. The van der Waals surface area contributed by atoms with Crippen molar-refractivity contribution in [2.45, 2.75) is 25.4 Å². The van der Waals surface area contributed by atoms with Crippen LogP contribution in [-0.4, -0.2) is 66.5 Å². The van der Waals surface area contributed by atoms with Gasteiger partial charge in [0.15, 0.2) is 0 Å². The van der Waals surface area contributed by atoms with Gasteiger partial charge in [-0.25, -0.2) is 0 Å². The van der Waals surface area contributed by atoms with Gasteiger partial charge in [-0.05, 0) is 18.6 Å². The molecule has 3 rings (SSSR count). The Morgan fingerprint density at radius 2 is 1.89 bits per heavy atom. The number of piperidine rings is 1. The fraction of sp³-hybridized carbons (Fsp3) is 0.450. The lowest BCUT2D eigenvalue weighted by Crippen LogP contribution is -2.60. The van der Waals surface area contributed by atoms with Crippen molar-refractivity contribution in [1.29, 1.82) is 0 Å². The van der Waals surface area contributed by atoms with Crippen molar-refractivity contribution >= 4 is 23.9 Å². The minimum absolute atomic E-state index is 0.0470. The predicted octanol–water partition coefficient (Wildman–Crippen LogP) is 0.932. The highest BCUT2D eigenvalue weighted by Crippen LogP contribution is 2.30. The van der Waals surface area contributed by atoms with Crippen LogP contribution < -0.4 is 5.32 Å². The lowest BCUT2D eigenvalue weighted by atomic mass is 9.95. The molecule has 7 heteroatoms. The summed E-state index contributed by atoms with van der Waals surface area (Å²) in [6, 6.07) is 7.97. The molecule has 2 aliphatic heterocycles. The van der Waals surface area contributed by atoms with Gasteiger partial charge in [0.1, 0.15) is 6.54 Å². The van der Waals surface area contributed by atoms with Gasteiger partial charge in [-0.2, -0.15) is 0 Å². The van der Waals surface area contributed by atoms with Crippen molar-refractivity contribution in [3.63, 3.8) is 0 Å². The number of carbonyl (C=O) groups is 3. The third-order valence-electron chi connectivity index (χ3n) is 5.30. The second-order valence-corrected chi connectivity index (χ2v) is 7.01. The van der Waals surface area contributed by atoms with Gasteiger partial charge < -0.3 is 14.5 Å². The topological polar surface area (TPSA) is 79.0 Å². The highest BCUT2D eigenvalue weighted by molar-refractivity contribution is 5.92. The standard InChI is InChI=1S/C20H25N3O4/c1-15-3-5-16(6-4-15)7-8-17(24)22-11-9-20(10-12-22)21-13-18(25)23(20)14-19(26)27-2/h3-8,21H,9-14H2,1-2H3/b8-7+. The molecule has 2 aliphatic rings. The average Bonchev–Trinajstić information content (AvgIpc) is 2.97. The number of benzene rings is 1. The maximum atomic E-state index is 12.5. The number of hydrogen-bond acceptors (Lipinski definition) is 5. The highest BCUT2D eigenvalue weighted by Gasteiger charge is 2.47. The van der Waals surface area contributed by atoms with Crippen LogP contribution in [0.3, 0.4) is 0 Å². The monoisotopic (exact) mass is 371 g/mol. The molecule has 1 N–H and O–H groups in total. The van der Waals surface area contributed by atoms with Crippen LogP contribution in [0.2, 0.25) is 0 Å². The Hall–Kier alpha value is -2.67. The molecule has 0 unspecified atom stereocenters. The molecule has 0 aliphatic carbocycles. The molecule has 2 saturated heterocycles. The van der Waals surface area contributed by atoms with Gasteiger partial charge in [0.2, 0.25) is 11.8 Å². The fourth-order valence-corrected chi connectivity index (χ4v) is 3.60. The Kier molecular flexibility index (Phi) is 5.60. The van der Waals surface area contributed by atoms with E-state index in [0.29, 0.717) is 25.9 Å². The minimum atomic E-state index is -0.567. The van der Waals surface area contributed by atoms with Crippen LogP contribution in [0.25, 0.3) is 6.08 Å². The van der Waals surface area contributed by atoms with E-state index in [1.807, 2.05) is 37.3 Å². The zero-order chi connectivity index (χ0) is 19.4. The summed E-state index contributed by atoms with van der Waals surface area (Å²) < 4.78 is 4.70. The Morgan fingerprint density at radius 1 is 1.22 bits per heavy atom. The molecule has 0 aromatic heterocycles. The molecular weight excluding hydrogens is 346 g/mol.